The van der Waals surface area contributed by atoms with Crippen LogP contribution in [0.2, 0.25) is 0 Å². The zero-order valence-corrected chi connectivity index (χ0v) is 9.75. The third kappa shape index (κ3) is 7.08. The van der Waals surface area contributed by atoms with Crippen LogP contribution in [0.25, 0.3) is 0 Å². The number of carbonyl (C=O) groups is 1. The molecule has 3 heteroatoms. The van der Waals surface area contributed by atoms with Gasteiger partial charge in [-0.15, -0.1) is 0 Å². The first-order valence-electron chi connectivity index (χ1n) is 4.97. The molecule has 78 valence electrons. The topological polar surface area (TPSA) is 29.1 Å². The van der Waals surface area contributed by atoms with Crippen molar-refractivity contribution < 1.29 is 4.79 Å². The summed E-state index contributed by atoms with van der Waals surface area (Å²) in [4.78, 5) is 11.0. The van der Waals surface area contributed by atoms with E-state index in [1.54, 1.807) is 6.92 Å². The van der Waals surface area contributed by atoms with Crippen molar-refractivity contribution in [2.75, 3.05) is 18.6 Å². The minimum Gasteiger partial charge on any atom is -0.311 e. The molecule has 1 unspecified atom stereocenters. The minimum absolute atomic E-state index is 0.0640. The number of likely N-dealkylation sites (N-methyl/N-ethyl adjacent to an activating group) is 1. The van der Waals surface area contributed by atoms with E-state index in [1.165, 1.54) is 18.6 Å². The van der Waals surface area contributed by atoms with E-state index in [0.717, 1.165) is 12.2 Å². The molecule has 0 fully saturated rings. The highest BCUT2D eigenvalue weighted by molar-refractivity contribution is 7.99. The molecule has 0 aromatic rings. The van der Waals surface area contributed by atoms with Crippen LogP contribution in [0.3, 0.4) is 0 Å². The van der Waals surface area contributed by atoms with Gasteiger partial charge in [0.15, 0.2) is 0 Å². The number of unbranched alkanes of at least 4 members (excludes halogenated alkanes) is 1. The van der Waals surface area contributed by atoms with E-state index in [0.29, 0.717) is 0 Å². The van der Waals surface area contributed by atoms with Gasteiger partial charge in [-0.3, -0.25) is 4.79 Å². The van der Waals surface area contributed by atoms with Crippen LogP contribution in [0.5, 0.6) is 0 Å². The van der Waals surface area contributed by atoms with Crippen molar-refractivity contribution in [1.29, 1.82) is 0 Å². The van der Waals surface area contributed by atoms with Gasteiger partial charge < -0.3 is 5.32 Å². The van der Waals surface area contributed by atoms with Crippen LogP contribution in [0, 0.1) is 0 Å². The first-order valence-corrected chi connectivity index (χ1v) is 6.13. The zero-order valence-electron chi connectivity index (χ0n) is 8.93. The van der Waals surface area contributed by atoms with Crippen molar-refractivity contribution in [2.45, 2.75) is 39.2 Å². The molecule has 0 saturated carbocycles. The number of nitrogens with one attached hydrogen (secondary N) is 1. The summed E-state index contributed by atoms with van der Waals surface area (Å²) in [5, 5.41) is 3.03. The Kier molecular flexibility index (Phi) is 8.56. The molecule has 0 rings (SSSR count). The second-order valence-electron chi connectivity index (χ2n) is 3.21. The van der Waals surface area contributed by atoms with Crippen molar-refractivity contribution in [3.8, 4) is 0 Å². The molecule has 0 aliphatic heterocycles. The SMILES string of the molecule is CCCCSCCC(NC)C(C)=O. The Morgan fingerprint density at radius 2 is 2.15 bits per heavy atom. The Morgan fingerprint density at radius 1 is 1.46 bits per heavy atom. The summed E-state index contributed by atoms with van der Waals surface area (Å²) >= 11 is 1.95. The van der Waals surface area contributed by atoms with Crippen molar-refractivity contribution in [2.24, 2.45) is 0 Å². The smallest absolute Gasteiger partial charge is 0.146 e. The highest BCUT2D eigenvalue weighted by atomic mass is 32.2. The number of thioether (sulfide) groups is 1. The van der Waals surface area contributed by atoms with Gasteiger partial charge in [0.2, 0.25) is 0 Å². The average molecular weight is 203 g/mol. The summed E-state index contributed by atoms with van der Waals surface area (Å²) in [5.41, 5.74) is 0. The maximum absolute atomic E-state index is 11.0. The first-order chi connectivity index (χ1) is 6.22. The number of rotatable bonds is 8. The standard InChI is InChI=1S/C10H21NOS/c1-4-5-7-13-8-6-10(11-3)9(2)12/h10-11H,4-8H2,1-3H3. The fraction of sp³-hybridized carbons (Fsp3) is 0.900. The Labute approximate surface area is 85.9 Å². The van der Waals surface area contributed by atoms with Crippen LogP contribution in [0.4, 0.5) is 0 Å². The highest BCUT2D eigenvalue weighted by Crippen LogP contribution is 2.08. The Bertz CT molecular complexity index is 139. The molecule has 1 atom stereocenters. The van der Waals surface area contributed by atoms with Gasteiger partial charge in [0, 0.05) is 0 Å². The van der Waals surface area contributed by atoms with Crippen molar-refractivity contribution in [3.63, 3.8) is 0 Å². The van der Waals surface area contributed by atoms with Crippen molar-refractivity contribution in [3.05, 3.63) is 0 Å². The van der Waals surface area contributed by atoms with Crippen LogP contribution in [0.1, 0.15) is 33.1 Å². The van der Waals surface area contributed by atoms with E-state index in [9.17, 15) is 4.79 Å². The highest BCUT2D eigenvalue weighted by Gasteiger charge is 2.09. The van der Waals surface area contributed by atoms with E-state index >= 15 is 0 Å². The van der Waals surface area contributed by atoms with Gasteiger partial charge >= 0.3 is 0 Å². The lowest BCUT2D eigenvalue weighted by Crippen LogP contribution is -2.32. The third-order valence-corrected chi connectivity index (χ3v) is 3.13. The Morgan fingerprint density at radius 3 is 2.62 bits per heavy atom. The number of hydrogen-bond acceptors (Lipinski definition) is 3. The third-order valence-electron chi connectivity index (χ3n) is 2.03. The molecule has 0 heterocycles. The quantitative estimate of drug-likeness (QED) is 0.612. The van der Waals surface area contributed by atoms with E-state index < -0.39 is 0 Å². The lowest BCUT2D eigenvalue weighted by Gasteiger charge is -2.11. The molecule has 0 spiro atoms. The van der Waals surface area contributed by atoms with E-state index in [2.05, 4.69) is 12.2 Å². The van der Waals surface area contributed by atoms with E-state index in [4.69, 9.17) is 0 Å². The minimum atomic E-state index is 0.0640. The van der Waals surface area contributed by atoms with Gasteiger partial charge in [0.25, 0.3) is 0 Å². The van der Waals surface area contributed by atoms with Crippen LogP contribution < -0.4 is 5.32 Å². The first kappa shape index (κ1) is 13.0. The summed E-state index contributed by atoms with van der Waals surface area (Å²) in [5.74, 6) is 2.56. The molecule has 13 heavy (non-hydrogen) atoms. The van der Waals surface area contributed by atoms with Gasteiger partial charge in [-0.1, -0.05) is 13.3 Å². The fourth-order valence-electron chi connectivity index (χ4n) is 1.10. The molecular formula is C10H21NOS. The number of Topliss-reactive ketones (excluding diaryl/α,β-unsaturated/α-hetero) is 1. The second-order valence-corrected chi connectivity index (χ2v) is 4.43. The summed E-state index contributed by atoms with van der Waals surface area (Å²) < 4.78 is 0. The van der Waals surface area contributed by atoms with Gasteiger partial charge in [-0.05, 0) is 38.3 Å². The lowest BCUT2D eigenvalue weighted by atomic mass is 10.1. The molecule has 2 nitrogen and oxygen atoms in total. The van der Waals surface area contributed by atoms with Crippen LogP contribution in [-0.2, 0) is 4.79 Å². The van der Waals surface area contributed by atoms with Crippen LogP contribution in [0.15, 0.2) is 0 Å². The molecule has 1 N–H and O–H groups in total. The van der Waals surface area contributed by atoms with Gasteiger partial charge in [0.1, 0.15) is 5.78 Å². The summed E-state index contributed by atoms with van der Waals surface area (Å²) in [6.07, 6.45) is 3.50. The largest absolute Gasteiger partial charge is 0.311 e. The molecular weight excluding hydrogens is 182 g/mol. The summed E-state index contributed by atoms with van der Waals surface area (Å²) in [6, 6.07) is 0.0640. The summed E-state index contributed by atoms with van der Waals surface area (Å²) in [6.45, 7) is 3.85. The van der Waals surface area contributed by atoms with Crippen molar-refractivity contribution >= 4 is 17.5 Å². The van der Waals surface area contributed by atoms with Gasteiger partial charge in [-0.2, -0.15) is 11.8 Å². The Balaban J connectivity index is 3.33. The summed E-state index contributed by atoms with van der Waals surface area (Å²) in [7, 11) is 1.85. The number of ketones is 1. The van der Waals surface area contributed by atoms with Gasteiger partial charge in [0.05, 0.1) is 6.04 Å². The molecule has 0 aromatic carbocycles. The number of carbonyl (C=O) groups excluding carboxylic acids is 1. The fourth-order valence-corrected chi connectivity index (χ4v) is 2.20. The lowest BCUT2D eigenvalue weighted by molar-refractivity contribution is -0.118. The van der Waals surface area contributed by atoms with E-state index in [-0.39, 0.29) is 11.8 Å². The maximum Gasteiger partial charge on any atom is 0.146 e. The monoisotopic (exact) mass is 203 g/mol. The zero-order chi connectivity index (χ0) is 10.1. The van der Waals surface area contributed by atoms with Gasteiger partial charge in [-0.25, -0.2) is 0 Å². The molecule has 0 saturated heterocycles. The molecule has 0 radical (unpaired) electrons. The molecule has 0 amide bonds. The molecule has 0 aromatic heterocycles. The number of hydrogen-bond donors (Lipinski definition) is 1. The molecule has 0 aliphatic carbocycles. The Hall–Kier alpha value is -0.0200. The van der Waals surface area contributed by atoms with Crippen molar-refractivity contribution in [1.82, 2.24) is 5.32 Å². The second kappa shape index (κ2) is 8.57. The van der Waals surface area contributed by atoms with Crippen LogP contribution in [-0.4, -0.2) is 30.4 Å². The predicted molar refractivity (Wildman–Crippen MR) is 60.4 cm³/mol. The average Bonchev–Trinajstić information content (AvgIpc) is 2.10. The normalized spacial score (nSPS) is 12.8. The maximum atomic E-state index is 11.0. The van der Waals surface area contributed by atoms with E-state index in [1.807, 2.05) is 18.8 Å². The molecule has 0 bridgehead atoms. The predicted octanol–water partition coefficient (Wildman–Crippen LogP) is 2.09. The molecule has 0 aliphatic rings. The van der Waals surface area contributed by atoms with Crippen LogP contribution >= 0.6 is 11.8 Å².